The number of ether oxygens (including phenoxy) is 1. The summed E-state index contributed by atoms with van der Waals surface area (Å²) in [4.78, 5) is 28.2. The minimum atomic E-state index is -0.508. The van der Waals surface area contributed by atoms with Crippen molar-refractivity contribution in [3.8, 4) is 0 Å². The monoisotopic (exact) mass is 340 g/mol. The number of nitrogens with zero attached hydrogens (tertiary/aromatic N) is 1. The number of carbonyl (C=O) groups is 2. The van der Waals surface area contributed by atoms with Gasteiger partial charge in [-0.3, -0.25) is 9.78 Å². The van der Waals surface area contributed by atoms with Crippen LogP contribution < -0.4 is 5.32 Å². The van der Waals surface area contributed by atoms with Crippen molar-refractivity contribution < 1.29 is 14.3 Å². The van der Waals surface area contributed by atoms with Crippen LogP contribution in [-0.2, 0) is 4.74 Å². The van der Waals surface area contributed by atoms with Gasteiger partial charge in [-0.25, -0.2) is 4.79 Å². The van der Waals surface area contributed by atoms with Crippen LogP contribution in [0.3, 0.4) is 0 Å². The Morgan fingerprint density at radius 2 is 1.83 bits per heavy atom. The van der Waals surface area contributed by atoms with Gasteiger partial charge in [-0.1, -0.05) is 35.9 Å². The molecule has 2 aromatic carbocycles. The third-order valence-corrected chi connectivity index (χ3v) is 3.83. The molecule has 5 nitrogen and oxygen atoms in total. The van der Waals surface area contributed by atoms with E-state index in [0.29, 0.717) is 16.3 Å². The van der Waals surface area contributed by atoms with Crippen LogP contribution in [0.15, 0.2) is 54.7 Å². The van der Waals surface area contributed by atoms with Crippen molar-refractivity contribution in [2.75, 3.05) is 12.4 Å². The highest BCUT2D eigenvalue weighted by atomic mass is 35.5. The average molecular weight is 341 g/mol. The molecule has 0 unspecified atom stereocenters. The van der Waals surface area contributed by atoms with Crippen molar-refractivity contribution >= 4 is 39.9 Å². The van der Waals surface area contributed by atoms with Crippen LogP contribution >= 0.6 is 11.6 Å². The van der Waals surface area contributed by atoms with Crippen LogP contribution in [0.5, 0.6) is 0 Å². The molecule has 1 aromatic heterocycles. The zero-order valence-corrected chi connectivity index (χ0v) is 13.5. The SMILES string of the molecule is COC(=O)c1ccc(Cl)c(NC(=O)c2cc3ccccc3cn2)c1. The molecule has 0 radical (unpaired) electrons. The first-order valence-electron chi connectivity index (χ1n) is 7.12. The zero-order valence-electron chi connectivity index (χ0n) is 12.7. The molecule has 120 valence electrons. The number of benzene rings is 2. The van der Waals surface area contributed by atoms with Gasteiger partial charge in [-0.2, -0.15) is 0 Å². The van der Waals surface area contributed by atoms with Gasteiger partial charge in [0.25, 0.3) is 5.91 Å². The van der Waals surface area contributed by atoms with Crippen LogP contribution in [0.2, 0.25) is 5.02 Å². The number of fused-ring (bicyclic) bond motifs is 1. The summed E-state index contributed by atoms with van der Waals surface area (Å²) in [6, 6.07) is 13.8. The lowest BCUT2D eigenvalue weighted by atomic mass is 10.1. The second-order valence-electron chi connectivity index (χ2n) is 5.06. The van der Waals surface area contributed by atoms with Gasteiger partial charge in [-0.05, 0) is 29.7 Å². The van der Waals surface area contributed by atoms with Gasteiger partial charge in [0.2, 0.25) is 0 Å². The van der Waals surface area contributed by atoms with Crippen LogP contribution in [0.1, 0.15) is 20.8 Å². The maximum absolute atomic E-state index is 12.4. The fraction of sp³-hybridized carbons (Fsp3) is 0.0556. The molecule has 1 amide bonds. The van der Waals surface area contributed by atoms with Crippen LogP contribution in [-0.4, -0.2) is 24.0 Å². The normalized spacial score (nSPS) is 10.4. The second-order valence-corrected chi connectivity index (χ2v) is 5.46. The third kappa shape index (κ3) is 3.21. The van der Waals surface area contributed by atoms with Crippen molar-refractivity contribution in [1.82, 2.24) is 4.98 Å². The first-order valence-corrected chi connectivity index (χ1v) is 7.50. The number of amides is 1. The average Bonchev–Trinajstić information content (AvgIpc) is 2.62. The van der Waals surface area contributed by atoms with Gasteiger partial charge in [0, 0.05) is 11.6 Å². The van der Waals surface area contributed by atoms with E-state index >= 15 is 0 Å². The van der Waals surface area contributed by atoms with Crippen molar-refractivity contribution in [1.29, 1.82) is 0 Å². The van der Waals surface area contributed by atoms with Gasteiger partial charge in [0.1, 0.15) is 5.69 Å². The quantitative estimate of drug-likeness (QED) is 0.733. The number of carbonyl (C=O) groups excluding carboxylic acids is 2. The van der Waals surface area contributed by atoms with Crippen LogP contribution in [0.4, 0.5) is 5.69 Å². The van der Waals surface area contributed by atoms with E-state index in [1.54, 1.807) is 12.3 Å². The lowest BCUT2D eigenvalue weighted by Gasteiger charge is -2.09. The number of hydrogen-bond acceptors (Lipinski definition) is 4. The number of rotatable bonds is 3. The first-order chi connectivity index (χ1) is 11.6. The maximum atomic E-state index is 12.4. The van der Waals surface area contributed by atoms with E-state index in [1.165, 1.54) is 25.3 Å². The lowest BCUT2D eigenvalue weighted by Crippen LogP contribution is -2.14. The number of halogens is 1. The Morgan fingerprint density at radius 3 is 2.58 bits per heavy atom. The van der Waals surface area contributed by atoms with E-state index in [4.69, 9.17) is 11.6 Å². The van der Waals surface area contributed by atoms with Gasteiger partial charge >= 0.3 is 5.97 Å². The van der Waals surface area contributed by atoms with E-state index in [1.807, 2.05) is 24.3 Å². The fourth-order valence-electron chi connectivity index (χ4n) is 2.26. The number of anilines is 1. The molecule has 0 saturated carbocycles. The molecule has 0 fully saturated rings. The highest BCUT2D eigenvalue weighted by Gasteiger charge is 2.13. The molecule has 1 heterocycles. The number of esters is 1. The predicted octanol–water partition coefficient (Wildman–Crippen LogP) is 3.93. The van der Waals surface area contributed by atoms with Gasteiger partial charge in [-0.15, -0.1) is 0 Å². The molecule has 24 heavy (non-hydrogen) atoms. The Kier molecular flexibility index (Phi) is 4.44. The lowest BCUT2D eigenvalue weighted by molar-refractivity contribution is 0.0600. The molecule has 0 aliphatic carbocycles. The minimum Gasteiger partial charge on any atom is -0.465 e. The Bertz CT molecular complexity index is 940. The van der Waals surface area contributed by atoms with E-state index in [2.05, 4.69) is 15.0 Å². The Morgan fingerprint density at radius 1 is 1.08 bits per heavy atom. The summed E-state index contributed by atoms with van der Waals surface area (Å²) in [6.07, 6.45) is 1.64. The Balaban J connectivity index is 1.89. The zero-order chi connectivity index (χ0) is 17.1. The molecular weight excluding hydrogens is 328 g/mol. The Labute approximate surface area is 143 Å². The van der Waals surface area contributed by atoms with Crippen molar-refractivity contribution in [3.05, 3.63) is 71.0 Å². The number of hydrogen-bond donors (Lipinski definition) is 1. The molecule has 1 N–H and O–H groups in total. The second kappa shape index (κ2) is 6.68. The molecule has 0 bridgehead atoms. The molecule has 3 aromatic rings. The smallest absolute Gasteiger partial charge is 0.337 e. The molecule has 0 atom stereocenters. The van der Waals surface area contributed by atoms with Crippen LogP contribution in [0, 0.1) is 0 Å². The molecule has 0 spiro atoms. The van der Waals surface area contributed by atoms with Crippen molar-refractivity contribution in [2.24, 2.45) is 0 Å². The summed E-state index contributed by atoms with van der Waals surface area (Å²) in [5.41, 5.74) is 0.872. The molecule has 0 aliphatic rings. The highest BCUT2D eigenvalue weighted by molar-refractivity contribution is 6.34. The molecule has 0 aliphatic heterocycles. The summed E-state index contributed by atoms with van der Waals surface area (Å²) < 4.78 is 4.66. The minimum absolute atomic E-state index is 0.258. The largest absolute Gasteiger partial charge is 0.465 e. The van der Waals surface area contributed by atoms with Crippen molar-refractivity contribution in [3.63, 3.8) is 0 Å². The summed E-state index contributed by atoms with van der Waals surface area (Å²) in [5, 5.41) is 4.84. The summed E-state index contributed by atoms with van der Waals surface area (Å²) in [6.45, 7) is 0. The number of nitrogens with one attached hydrogen (secondary N) is 1. The van der Waals surface area contributed by atoms with E-state index in [-0.39, 0.29) is 5.69 Å². The Hall–Kier alpha value is -2.92. The van der Waals surface area contributed by atoms with Gasteiger partial charge < -0.3 is 10.1 Å². The summed E-state index contributed by atoms with van der Waals surface area (Å²) >= 11 is 6.08. The molecule has 3 rings (SSSR count). The number of pyridine rings is 1. The van der Waals surface area contributed by atoms with Crippen molar-refractivity contribution in [2.45, 2.75) is 0 Å². The number of aromatic nitrogens is 1. The topological polar surface area (TPSA) is 68.3 Å². The molecule has 6 heteroatoms. The summed E-state index contributed by atoms with van der Waals surface area (Å²) in [7, 11) is 1.29. The standard InChI is InChI=1S/C18H13ClN2O3/c1-24-18(23)12-6-7-14(19)15(9-12)21-17(22)16-8-11-4-2-3-5-13(11)10-20-16/h2-10H,1H3,(H,21,22). The molecule has 0 saturated heterocycles. The van der Waals surface area contributed by atoms with E-state index in [0.717, 1.165) is 10.8 Å². The van der Waals surface area contributed by atoms with E-state index < -0.39 is 11.9 Å². The fourth-order valence-corrected chi connectivity index (χ4v) is 2.42. The molecular formula is C18H13ClN2O3. The predicted molar refractivity (Wildman–Crippen MR) is 92.5 cm³/mol. The summed E-state index contributed by atoms with van der Waals surface area (Å²) in [5.74, 6) is -0.921. The maximum Gasteiger partial charge on any atom is 0.337 e. The highest BCUT2D eigenvalue weighted by Crippen LogP contribution is 2.24. The number of methoxy groups -OCH3 is 1. The van der Waals surface area contributed by atoms with Gasteiger partial charge in [0.15, 0.2) is 0 Å². The van der Waals surface area contributed by atoms with Crippen LogP contribution in [0.25, 0.3) is 10.8 Å². The van der Waals surface area contributed by atoms with E-state index in [9.17, 15) is 9.59 Å². The third-order valence-electron chi connectivity index (χ3n) is 3.50. The van der Waals surface area contributed by atoms with Gasteiger partial charge in [0.05, 0.1) is 23.4 Å². The first kappa shape index (κ1) is 16.0.